The third kappa shape index (κ3) is 3.85. The summed E-state index contributed by atoms with van der Waals surface area (Å²) in [6.07, 6.45) is -2.92. The molecule has 0 aromatic rings. The van der Waals surface area contributed by atoms with Crippen LogP contribution in [-0.4, -0.2) is 65.8 Å². The molecule has 1 fully saturated rings. The molecule has 1 aliphatic rings. The monoisotopic (exact) mass is 238 g/mol. The summed E-state index contributed by atoms with van der Waals surface area (Å²) < 4.78 is 16.6. The Hall–Kier alpha value is 0.0700. The molecule has 1 heterocycles. The molecule has 0 aromatic heterocycles. The van der Waals surface area contributed by atoms with Gasteiger partial charge in [-0.1, -0.05) is 0 Å². The standard InChI is InChI=1S/C9H19O5P/c1-15(2,13)4-3-7-9(12)8(11)6(10)5-14-7/h6-12H,3-5H2,1-2H3/t6?,7?,8-,9-/m1/s1. The van der Waals surface area contributed by atoms with Crippen molar-refractivity contribution in [3.63, 3.8) is 0 Å². The highest BCUT2D eigenvalue weighted by Gasteiger charge is 2.37. The molecule has 1 saturated heterocycles. The summed E-state index contributed by atoms with van der Waals surface area (Å²) in [5, 5.41) is 28.2. The zero-order valence-corrected chi connectivity index (χ0v) is 9.93. The SMILES string of the molecule is CP(C)(=O)CCC1OCC(O)[C@@H](O)[C@@H]1O. The Morgan fingerprint density at radius 2 is 1.87 bits per heavy atom. The molecule has 1 rings (SSSR count). The highest BCUT2D eigenvalue weighted by Crippen LogP contribution is 2.37. The highest BCUT2D eigenvalue weighted by atomic mass is 31.2. The zero-order chi connectivity index (χ0) is 11.6. The van der Waals surface area contributed by atoms with E-state index in [9.17, 15) is 19.9 Å². The van der Waals surface area contributed by atoms with E-state index in [1.54, 1.807) is 13.3 Å². The summed E-state index contributed by atoms with van der Waals surface area (Å²) in [6.45, 7) is 3.36. The lowest BCUT2D eigenvalue weighted by Crippen LogP contribution is -2.52. The van der Waals surface area contributed by atoms with E-state index in [0.29, 0.717) is 12.6 Å². The molecule has 0 amide bonds. The van der Waals surface area contributed by atoms with E-state index in [1.165, 1.54) is 0 Å². The van der Waals surface area contributed by atoms with Crippen LogP contribution in [0.2, 0.25) is 0 Å². The topological polar surface area (TPSA) is 87.0 Å². The minimum atomic E-state index is -2.13. The first-order valence-electron chi connectivity index (χ1n) is 5.01. The number of hydrogen-bond donors (Lipinski definition) is 3. The predicted octanol–water partition coefficient (Wildman–Crippen LogP) is -0.519. The molecule has 1 aliphatic heterocycles. The first kappa shape index (κ1) is 13.1. The zero-order valence-electron chi connectivity index (χ0n) is 9.04. The fourth-order valence-corrected chi connectivity index (χ4v) is 2.44. The molecule has 4 atom stereocenters. The Kier molecular flexibility index (Phi) is 4.32. The fraction of sp³-hybridized carbons (Fsp3) is 1.00. The van der Waals surface area contributed by atoms with Crippen molar-refractivity contribution in [3.05, 3.63) is 0 Å². The van der Waals surface area contributed by atoms with Crippen LogP contribution in [0.25, 0.3) is 0 Å². The maximum absolute atomic E-state index is 11.5. The van der Waals surface area contributed by atoms with Gasteiger partial charge in [0.05, 0.1) is 19.9 Å². The average molecular weight is 238 g/mol. The molecule has 3 N–H and O–H groups in total. The lowest BCUT2D eigenvalue weighted by molar-refractivity contribution is -0.186. The van der Waals surface area contributed by atoms with Gasteiger partial charge in [-0.15, -0.1) is 0 Å². The Morgan fingerprint density at radius 1 is 1.27 bits per heavy atom. The van der Waals surface area contributed by atoms with E-state index in [4.69, 9.17) is 4.74 Å². The van der Waals surface area contributed by atoms with Gasteiger partial charge < -0.3 is 24.6 Å². The number of rotatable bonds is 3. The quantitative estimate of drug-likeness (QED) is 0.576. The third-order valence-electron chi connectivity index (χ3n) is 2.56. The van der Waals surface area contributed by atoms with Crippen molar-refractivity contribution in [2.24, 2.45) is 0 Å². The van der Waals surface area contributed by atoms with E-state index >= 15 is 0 Å². The molecular weight excluding hydrogens is 219 g/mol. The van der Waals surface area contributed by atoms with Crippen LogP contribution in [0.3, 0.4) is 0 Å². The Morgan fingerprint density at radius 3 is 2.40 bits per heavy atom. The largest absolute Gasteiger partial charge is 0.388 e. The van der Waals surface area contributed by atoms with Gasteiger partial charge in [-0.2, -0.15) is 0 Å². The van der Waals surface area contributed by atoms with Crippen LogP contribution in [0.5, 0.6) is 0 Å². The Labute approximate surface area is 89.4 Å². The number of ether oxygens (including phenoxy) is 1. The van der Waals surface area contributed by atoms with E-state index in [1.807, 2.05) is 0 Å². The van der Waals surface area contributed by atoms with Crippen LogP contribution < -0.4 is 0 Å². The van der Waals surface area contributed by atoms with Crippen LogP contribution in [-0.2, 0) is 9.30 Å². The lowest BCUT2D eigenvalue weighted by Gasteiger charge is -2.35. The van der Waals surface area contributed by atoms with Gasteiger partial charge in [-0.3, -0.25) is 0 Å². The van der Waals surface area contributed by atoms with Gasteiger partial charge in [0.1, 0.15) is 18.3 Å². The van der Waals surface area contributed by atoms with E-state index in [-0.39, 0.29) is 6.61 Å². The van der Waals surface area contributed by atoms with Crippen molar-refractivity contribution in [1.82, 2.24) is 0 Å². The molecule has 0 bridgehead atoms. The second-order valence-electron chi connectivity index (χ2n) is 4.51. The van der Waals surface area contributed by atoms with Gasteiger partial charge in [-0.05, 0) is 19.8 Å². The number of aliphatic hydroxyl groups excluding tert-OH is 3. The number of hydrogen-bond acceptors (Lipinski definition) is 5. The van der Waals surface area contributed by atoms with Gasteiger partial charge in [0, 0.05) is 6.16 Å². The van der Waals surface area contributed by atoms with Crippen molar-refractivity contribution in [1.29, 1.82) is 0 Å². The van der Waals surface area contributed by atoms with E-state index < -0.39 is 31.6 Å². The molecule has 6 heteroatoms. The molecule has 0 aliphatic carbocycles. The molecular formula is C9H19O5P. The van der Waals surface area contributed by atoms with E-state index in [2.05, 4.69) is 0 Å². The minimum Gasteiger partial charge on any atom is -0.388 e. The fourth-order valence-electron chi connectivity index (χ4n) is 1.56. The molecule has 15 heavy (non-hydrogen) atoms. The molecule has 0 aromatic carbocycles. The summed E-state index contributed by atoms with van der Waals surface area (Å²) in [4.78, 5) is 0. The summed E-state index contributed by atoms with van der Waals surface area (Å²) >= 11 is 0. The molecule has 0 spiro atoms. The van der Waals surface area contributed by atoms with Gasteiger partial charge in [0.25, 0.3) is 0 Å². The molecule has 2 unspecified atom stereocenters. The maximum Gasteiger partial charge on any atom is 0.111 e. The van der Waals surface area contributed by atoms with Crippen molar-refractivity contribution < 1.29 is 24.6 Å². The third-order valence-corrected chi connectivity index (χ3v) is 3.89. The number of aliphatic hydroxyl groups is 3. The van der Waals surface area contributed by atoms with Gasteiger partial charge >= 0.3 is 0 Å². The average Bonchev–Trinajstić information content (AvgIpc) is 2.12. The first-order chi connectivity index (χ1) is 6.81. The smallest absolute Gasteiger partial charge is 0.111 e. The molecule has 90 valence electrons. The van der Waals surface area contributed by atoms with Crippen LogP contribution in [0.4, 0.5) is 0 Å². The summed E-state index contributed by atoms with van der Waals surface area (Å²) in [6, 6.07) is 0. The first-order valence-corrected chi connectivity index (χ1v) is 7.80. The lowest BCUT2D eigenvalue weighted by atomic mass is 9.99. The van der Waals surface area contributed by atoms with Crippen molar-refractivity contribution in [3.8, 4) is 0 Å². The predicted molar refractivity (Wildman–Crippen MR) is 56.7 cm³/mol. The maximum atomic E-state index is 11.5. The minimum absolute atomic E-state index is 0.0145. The second kappa shape index (κ2) is 4.93. The Bertz CT molecular complexity index is 251. The second-order valence-corrected chi connectivity index (χ2v) is 8.10. The van der Waals surface area contributed by atoms with Gasteiger partial charge in [-0.25, -0.2) is 0 Å². The van der Waals surface area contributed by atoms with Gasteiger partial charge in [0.15, 0.2) is 0 Å². The van der Waals surface area contributed by atoms with E-state index in [0.717, 1.165) is 0 Å². The summed E-state index contributed by atoms with van der Waals surface area (Å²) in [5.74, 6) is 0. The summed E-state index contributed by atoms with van der Waals surface area (Å²) in [7, 11) is -2.13. The van der Waals surface area contributed by atoms with Crippen molar-refractivity contribution in [2.45, 2.75) is 30.8 Å². The highest BCUT2D eigenvalue weighted by molar-refractivity contribution is 7.62. The van der Waals surface area contributed by atoms with Gasteiger partial charge in [0.2, 0.25) is 0 Å². The van der Waals surface area contributed by atoms with Crippen LogP contribution in [0.15, 0.2) is 0 Å². The molecule has 5 nitrogen and oxygen atoms in total. The van der Waals surface area contributed by atoms with Crippen molar-refractivity contribution >= 4 is 7.14 Å². The van der Waals surface area contributed by atoms with Crippen LogP contribution in [0.1, 0.15) is 6.42 Å². The Balaban J connectivity index is 2.46. The summed E-state index contributed by atoms with van der Waals surface area (Å²) in [5.41, 5.74) is 0. The van der Waals surface area contributed by atoms with Crippen molar-refractivity contribution in [2.75, 3.05) is 26.1 Å². The van der Waals surface area contributed by atoms with Crippen LogP contribution in [0, 0.1) is 0 Å². The van der Waals surface area contributed by atoms with Crippen LogP contribution >= 0.6 is 7.14 Å². The normalized spacial score (nSPS) is 37.9. The molecule has 0 radical (unpaired) electrons. The molecule has 0 saturated carbocycles.